The predicted octanol–water partition coefficient (Wildman–Crippen LogP) is 2.99. The molecule has 2 aliphatic rings. The number of benzene rings is 2. The predicted molar refractivity (Wildman–Crippen MR) is 105 cm³/mol. The van der Waals surface area contributed by atoms with E-state index in [0.717, 1.165) is 43.1 Å². The minimum atomic E-state index is -0.140. The molecule has 5 nitrogen and oxygen atoms in total. The summed E-state index contributed by atoms with van der Waals surface area (Å²) >= 11 is 0. The molecular formula is C22H26N2O3. The van der Waals surface area contributed by atoms with Gasteiger partial charge in [0.2, 0.25) is 5.91 Å². The molecule has 1 N–H and O–H groups in total. The van der Waals surface area contributed by atoms with Crippen LogP contribution in [0.1, 0.15) is 36.0 Å². The smallest absolute Gasteiger partial charge is 0.254 e. The second-order valence-corrected chi connectivity index (χ2v) is 7.50. The first-order valence-corrected chi connectivity index (χ1v) is 9.89. The van der Waals surface area contributed by atoms with Crippen molar-refractivity contribution in [2.24, 2.45) is 5.92 Å². The largest absolute Gasteiger partial charge is 0.376 e. The van der Waals surface area contributed by atoms with Crippen LogP contribution in [0.4, 0.5) is 0 Å². The Morgan fingerprint density at radius 3 is 2.78 bits per heavy atom. The lowest BCUT2D eigenvalue weighted by Crippen LogP contribution is -2.46. The Balaban J connectivity index is 1.42. The number of piperidine rings is 1. The van der Waals surface area contributed by atoms with Crippen LogP contribution in [0.3, 0.4) is 0 Å². The molecular weight excluding hydrogens is 340 g/mol. The molecule has 142 valence electrons. The van der Waals surface area contributed by atoms with Gasteiger partial charge in [-0.05, 0) is 42.5 Å². The van der Waals surface area contributed by atoms with Crippen molar-refractivity contribution in [2.75, 3.05) is 26.2 Å². The van der Waals surface area contributed by atoms with Crippen molar-refractivity contribution in [2.45, 2.75) is 31.8 Å². The van der Waals surface area contributed by atoms with Crippen molar-refractivity contribution in [1.82, 2.24) is 10.2 Å². The molecule has 0 unspecified atom stereocenters. The van der Waals surface area contributed by atoms with Gasteiger partial charge in [0, 0.05) is 31.8 Å². The molecule has 2 amide bonds. The number of carbonyl (C=O) groups excluding carboxylic acids is 2. The minimum Gasteiger partial charge on any atom is -0.376 e. The summed E-state index contributed by atoms with van der Waals surface area (Å²) < 4.78 is 5.57. The van der Waals surface area contributed by atoms with Crippen molar-refractivity contribution in [3.8, 4) is 0 Å². The number of carbonyl (C=O) groups is 2. The molecule has 27 heavy (non-hydrogen) atoms. The zero-order valence-electron chi connectivity index (χ0n) is 15.5. The number of hydrogen-bond donors (Lipinski definition) is 1. The van der Waals surface area contributed by atoms with Crippen molar-refractivity contribution in [3.05, 3.63) is 48.0 Å². The summed E-state index contributed by atoms with van der Waals surface area (Å²) in [4.78, 5) is 27.5. The highest BCUT2D eigenvalue weighted by Crippen LogP contribution is 2.23. The van der Waals surface area contributed by atoms with E-state index < -0.39 is 0 Å². The number of fused-ring (bicyclic) bond motifs is 1. The van der Waals surface area contributed by atoms with Crippen LogP contribution < -0.4 is 5.32 Å². The fourth-order valence-electron chi connectivity index (χ4n) is 4.12. The number of ether oxygens (including phenoxy) is 1. The molecule has 0 aromatic heterocycles. The highest BCUT2D eigenvalue weighted by molar-refractivity contribution is 6.07. The van der Waals surface area contributed by atoms with E-state index in [-0.39, 0.29) is 23.8 Å². The van der Waals surface area contributed by atoms with Gasteiger partial charge in [0.25, 0.3) is 5.91 Å². The number of nitrogens with zero attached hydrogens (tertiary/aromatic N) is 1. The van der Waals surface area contributed by atoms with Gasteiger partial charge in [-0.25, -0.2) is 0 Å². The van der Waals surface area contributed by atoms with E-state index in [4.69, 9.17) is 4.74 Å². The molecule has 2 aromatic rings. The fourth-order valence-corrected chi connectivity index (χ4v) is 4.12. The summed E-state index contributed by atoms with van der Waals surface area (Å²) in [6, 6.07) is 13.8. The summed E-state index contributed by atoms with van der Waals surface area (Å²) in [6.45, 7) is 2.56. The Hall–Kier alpha value is -2.40. The van der Waals surface area contributed by atoms with E-state index in [2.05, 4.69) is 5.32 Å². The SMILES string of the molecule is O=C(NC[C@@H]1CCCO1)[C@@H]1CCCN(C(=O)c2cccc3ccccc23)C1. The molecule has 0 radical (unpaired) electrons. The van der Waals surface area contributed by atoms with E-state index in [1.165, 1.54) is 0 Å². The topological polar surface area (TPSA) is 58.6 Å². The Morgan fingerprint density at radius 1 is 1.07 bits per heavy atom. The number of rotatable bonds is 4. The third-order valence-electron chi connectivity index (χ3n) is 5.63. The molecule has 2 heterocycles. The van der Waals surface area contributed by atoms with Gasteiger partial charge in [0.05, 0.1) is 12.0 Å². The van der Waals surface area contributed by atoms with Crippen molar-refractivity contribution < 1.29 is 14.3 Å². The normalized spacial score (nSPS) is 22.7. The van der Waals surface area contributed by atoms with Crippen LogP contribution >= 0.6 is 0 Å². The van der Waals surface area contributed by atoms with Gasteiger partial charge in [-0.2, -0.15) is 0 Å². The van der Waals surface area contributed by atoms with E-state index in [1.807, 2.05) is 47.4 Å². The molecule has 0 bridgehead atoms. The first kappa shape index (κ1) is 18.0. The molecule has 0 spiro atoms. The zero-order valence-corrected chi connectivity index (χ0v) is 15.5. The van der Waals surface area contributed by atoms with Crippen LogP contribution in [-0.4, -0.2) is 49.1 Å². The minimum absolute atomic E-state index is 0.0171. The summed E-state index contributed by atoms with van der Waals surface area (Å²) in [7, 11) is 0. The van der Waals surface area contributed by atoms with Gasteiger partial charge in [-0.3, -0.25) is 9.59 Å². The number of likely N-dealkylation sites (tertiary alicyclic amines) is 1. The molecule has 2 aliphatic heterocycles. The molecule has 2 fully saturated rings. The maximum absolute atomic E-state index is 13.1. The van der Waals surface area contributed by atoms with Crippen LogP contribution in [0, 0.1) is 5.92 Å². The number of amides is 2. The summed E-state index contributed by atoms with van der Waals surface area (Å²) in [5.41, 5.74) is 0.716. The molecule has 0 aliphatic carbocycles. The van der Waals surface area contributed by atoms with Crippen LogP contribution in [0.2, 0.25) is 0 Å². The van der Waals surface area contributed by atoms with Crippen molar-refractivity contribution in [3.63, 3.8) is 0 Å². The Bertz CT molecular complexity index is 824. The maximum atomic E-state index is 13.1. The Labute approximate surface area is 159 Å². The molecule has 4 rings (SSSR count). The van der Waals surface area contributed by atoms with E-state index in [0.29, 0.717) is 25.2 Å². The average Bonchev–Trinajstić information content (AvgIpc) is 3.25. The lowest BCUT2D eigenvalue weighted by molar-refractivity contribution is -0.126. The van der Waals surface area contributed by atoms with E-state index in [9.17, 15) is 9.59 Å². The molecule has 2 saturated heterocycles. The standard InChI is InChI=1S/C22H26N2O3/c25-21(23-14-18-9-5-13-27-18)17-8-4-12-24(15-17)22(26)20-11-3-7-16-6-1-2-10-19(16)20/h1-3,6-7,10-11,17-18H,4-5,8-9,12-15H2,(H,23,25)/t17-,18+/m1/s1. The summed E-state index contributed by atoms with van der Waals surface area (Å²) in [6.07, 6.45) is 3.91. The van der Waals surface area contributed by atoms with Gasteiger partial charge < -0.3 is 15.0 Å². The molecule has 2 aromatic carbocycles. The zero-order chi connectivity index (χ0) is 18.6. The third-order valence-corrected chi connectivity index (χ3v) is 5.63. The third kappa shape index (κ3) is 3.98. The summed E-state index contributed by atoms with van der Waals surface area (Å²) in [5, 5.41) is 5.05. The maximum Gasteiger partial charge on any atom is 0.254 e. The number of nitrogens with one attached hydrogen (secondary N) is 1. The fraction of sp³-hybridized carbons (Fsp3) is 0.455. The highest BCUT2D eigenvalue weighted by Gasteiger charge is 2.30. The van der Waals surface area contributed by atoms with Gasteiger partial charge in [-0.1, -0.05) is 36.4 Å². The Morgan fingerprint density at radius 2 is 1.93 bits per heavy atom. The van der Waals surface area contributed by atoms with Crippen LogP contribution in [0.15, 0.2) is 42.5 Å². The van der Waals surface area contributed by atoms with E-state index >= 15 is 0 Å². The van der Waals surface area contributed by atoms with Gasteiger partial charge in [0.15, 0.2) is 0 Å². The van der Waals surface area contributed by atoms with Gasteiger partial charge in [-0.15, -0.1) is 0 Å². The lowest BCUT2D eigenvalue weighted by atomic mass is 9.95. The second kappa shape index (κ2) is 8.09. The van der Waals surface area contributed by atoms with Gasteiger partial charge >= 0.3 is 0 Å². The van der Waals surface area contributed by atoms with Crippen LogP contribution in [0.25, 0.3) is 10.8 Å². The Kier molecular flexibility index (Phi) is 5.39. The quantitative estimate of drug-likeness (QED) is 0.905. The van der Waals surface area contributed by atoms with Crippen molar-refractivity contribution >= 4 is 22.6 Å². The lowest BCUT2D eigenvalue weighted by Gasteiger charge is -2.32. The van der Waals surface area contributed by atoms with Crippen LogP contribution in [-0.2, 0) is 9.53 Å². The van der Waals surface area contributed by atoms with Crippen molar-refractivity contribution in [1.29, 1.82) is 0 Å². The monoisotopic (exact) mass is 366 g/mol. The van der Waals surface area contributed by atoms with Gasteiger partial charge in [0.1, 0.15) is 0 Å². The van der Waals surface area contributed by atoms with Crippen LogP contribution in [0.5, 0.6) is 0 Å². The molecule has 0 saturated carbocycles. The first-order valence-electron chi connectivity index (χ1n) is 9.89. The molecule has 2 atom stereocenters. The second-order valence-electron chi connectivity index (χ2n) is 7.50. The first-order chi connectivity index (χ1) is 13.2. The van der Waals surface area contributed by atoms with E-state index in [1.54, 1.807) is 0 Å². The summed E-state index contributed by atoms with van der Waals surface area (Å²) in [5.74, 6) is -0.0802. The average molecular weight is 366 g/mol. The number of hydrogen-bond acceptors (Lipinski definition) is 3. The highest BCUT2D eigenvalue weighted by atomic mass is 16.5. The molecule has 5 heteroatoms.